The average molecular weight is 513 g/mol. The molecule has 2 saturated carbocycles. The number of imide groups is 1. The highest BCUT2D eigenvalue weighted by Gasteiger charge is 2.69. The Morgan fingerprint density at radius 1 is 0.941 bits per heavy atom. The van der Waals surface area contributed by atoms with Gasteiger partial charge in [0.1, 0.15) is 5.82 Å². The third-order valence-electron chi connectivity index (χ3n) is 8.04. The molecule has 1 N–H and O–H groups in total. The molecule has 0 radical (unpaired) electrons. The molecule has 7 atom stereocenters. The quantitative estimate of drug-likeness (QED) is 0.495. The molecule has 1 saturated heterocycles. The minimum absolute atomic E-state index is 0.0267. The summed E-state index contributed by atoms with van der Waals surface area (Å²) >= 11 is 9.05. The molecule has 3 aromatic rings. The monoisotopic (exact) mass is 512 g/mol. The van der Waals surface area contributed by atoms with Gasteiger partial charge in [0, 0.05) is 21.1 Å². The highest BCUT2D eigenvalue weighted by molar-refractivity contribution is 8.00. The van der Waals surface area contributed by atoms with Crippen molar-refractivity contribution in [3.8, 4) is 0 Å². The van der Waals surface area contributed by atoms with E-state index in [1.54, 1.807) is 11.8 Å². The van der Waals surface area contributed by atoms with Crippen LogP contribution in [0.1, 0.15) is 22.8 Å². The van der Waals surface area contributed by atoms with Gasteiger partial charge in [-0.25, -0.2) is 4.39 Å². The van der Waals surface area contributed by atoms with Crippen molar-refractivity contribution in [2.75, 3.05) is 4.90 Å². The van der Waals surface area contributed by atoms with Crippen LogP contribution < -0.4 is 9.77 Å². The van der Waals surface area contributed by atoms with Crippen LogP contribution in [0.25, 0.3) is 0 Å². The number of H-pyrrole nitrogens is 1. The summed E-state index contributed by atoms with van der Waals surface area (Å²) in [7, 11) is 0. The molecule has 2 aromatic carbocycles. The van der Waals surface area contributed by atoms with Crippen LogP contribution >= 0.6 is 34.7 Å². The van der Waals surface area contributed by atoms with E-state index >= 15 is 0 Å². The maximum atomic E-state index is 13.6. The molecule has 9 heteroatoms. The second-order valence-electron chi connectivity index (χ2n) is 9.50. The molecule has 2 bridgehead atoms. The number of hydrogen-bond acceptors (Lipinski definition) is 5. The van der Waals surface area contributed by atoms with Crippen LogP contribution in [0.3, 0.4) is 0 Å². The largest absolute Gasteiger partial charge is 0.307 e. The van der Waals surface area contributed by atoms with Crippen LogP contribution in [-0.2, 0) is 9.59 Å². The van der Waals surface area contributed by atoms with E-state index in [1.165, 1.54) is 40.5 Å². The molecule has 2 aliphatic heterocycles. The minimum atomic E-state index is -0.406. The Kier molecular flexibility index (Phi) is 4.48. The number of hydrogen-bond donors (Lipinski definition) is 1. The SMILES string of the molecule is O=C1[C@@H]2[C@H]3C[C@@H]([C@@H]4Sc5[nH]c(=O)sc5[C@@H](c5ccc(Cl)cc5)[C@@H]34)[C@H]2C(=O)N1c1ccc(F)cc1. The number of carbonyl (C=O) groups is 2. The number of nitrogens with zero attached hydrogens (tertiary/aromatic N) is 1. The van der Waals surface area contributed by atoms with Gasteiger partial charge in [0.2, 0.25) is 11.8 Å². The zero-order chi connectivity index (χ0) is 23.3. The number of fused-ring (bicyclic) bond motifs is 9. The number of aromatic amines is 1. The van der Waals surface area contributed by atoms with Crippen molar-refractivity contribution in [1.29, 1.82) is 0 Å². The Labute approximate surface area is 207 Å². The fourth-order valence-corrected chi connectivity index (χ4v) is 9.92. The molecular formula is C25H18ClFN2O3S2. The summed E-state index contributed by atoms with van der Waals surface area (Å²) in [6, 6.07) is 13.3. The Hall–Kier alpha value is -2.42. The van der Waals surface area contributed by atoms with Gasteiger partial charge in [0.05, 0.1) is 22.5 Å². The Morgan fingerprint density at radius 2 is 1.62 bits per heavy atom. The first kappa shape index (κ1) is 20.9. The zero-order valence-electron chi connectivity index (χ0n) is 17.6. The number of nitrogens with one attached hydrogen (secondary N) is 1. The third-order valence-corrected chi connectivity index (χ3v) is 10.9. The van der Waals surface area contributed by atoms with Gasteiger partial charge in [-0.15, -0.1) is 11.8 Å². The van der Waals surface area contributed by atoms with Crippen molar-refractivity contribution in [2.24, 2.45) is 29.6 Å². The number of rotatable bonds is 2. The summed E-state index contributed by atoms with van der Waals surface area (Å²) in [6.45, 7) is 0. The van der Waals surface area contributed by atoms with Gasteiger partial charge in [-0.05, 0) is 66.1 Å². The maximum Gasteiger partial charge on any atom is 0.305 e. The zero-order valence-corrected chi connectivity index (χ0v) is 20.0. The first-order valence-corrected chi connectivity index (χ1v) is 13.3. The van der Waals surface area contributed by atoms with Crippen LogP contribution in [0.15, 0.2) is 58.4 Å². The lowest BCUT2D eigenvalue weighted by molar-refractivity contribution is -0.123. The Balaban J connectivity index is 1.32. The van der Waals surface area contributed by atoms with Gasteiger partial charge < -0.3 is 4.98 Å². The van der Waals surface area contributed by atoms with E-state index in [0.717, 1.165) is 21.9 Å². The standard InChI is InChI=1S/C25H18ClFN2O3S2/c26-11-3-1-10(2-4-11)16-17-14-9-15(20(17)33-22-21(16)34-25(32)28-22)19-18(14)23(30)29(24(19)31)13-7-5-12(27)6-8-13/h1-8,14-20H,9H2,(H,28,32)/t14-,15+,16-,17+,18+,19+,20-/m0/s1. The normalized spacial score (nSPS) is 33.2. The van der Waals surface area contributed by atoms with Gasteiger partial charge >= 0.3 is 4.87 Å². The van der Waals surface area contributed by atoms with Crippen LogP contribution in [-0.4, -0.2) is 22.0 Å². The number of benzene rings is 2. The van der Waals surface area contributed by atoms with Crippen LogP contribution in [0, 0.1) is 35.4 Å². The van der Waals surface area contributed by atoms with Gasteiger partial charge in [-0.1, -0.05) is 35.1 Å². The fourth-order valence-electron chi connectivity index (χ4n) is 6.90. The number of thioether (sulfide) groups is 1. The van der Waals surface area contributed by atoms with Crippen molar-refractivity contribution in [3.05, 3.63) is 79.5 Å². The highest BCUT2D eigenvalue weighted by Crippen LogP contribution is 2.68. The molecule has 0 unspecified atom stereocenters. The maximum absolute atomic E-state index is 13.6. The fraction of sp³-hybridized carbons (Fsp3) is 0.320. The van der Waals surface area contributed by atoms with Crippen molar-refractivity contribution >= 4 is 52.2 Å². The average Bonchev–Trinajstić information content (AvgIpc) is 3.54. The van der Waals surface area contributed by atoms with Gasteiger partial charge in [-0.2, -0.15) is 0 Å². The van der Waals surface area contributed by atoms with Crippen molar-refractivity contribution < 1.29 is 14.0 Å². The number of amides is 2. The number of thiazole rings is 1. The molecule has 172 valence electrons. The van der Waals surface area contributed by atoms with Crippen molar-refractivity contribution in [2.45, 2.75) is 22.6 Å². The first-order chi connectivity index (χ1) is 16.4. The van der Waals surface area contributed by atoms with Crippen LogP contribution in [0.4, 0.5) is 10.1 Å². The second-order valence-corrected chi connectivity index (χ2v) is 12.1. The Morgan fingerprint density at radius 3 is 2.32 bits per heavy atom. The van der Waals surface area contributed by atoms with E-state index in [9.17, 15) is 18.8 Å². The Bertz CT molecular complexity index is 1400. The molecule has 34 heavy (non-hydrogen) atoms. The summed E-state index contributed by atoms with van der Waals surface area (Å²) in [5, 5.41) is 1.66. The van der Waals surface area contributed by atoms with E-state index in [-0.39, 0.29) is 57.4 Å². The molecule has 4 aliphatic rings. The molecule has 3 fully saturated rings. The molecular weight excluding hydrogens is 495 g/mol. The van der Waals surface area contributed by atoms with Crippen LogP contribution in [0.5, 0.6) is 0 Å². The van der Waals surface area contributed by atoms with Gasteiger partial charge in [0.25, 0.3) is 0 Å². The first-order valence-electron chi connectivity index (χ1n) is 11.2. The minimum Gasteiger partial charge on any atom is -0.307 e. The number of anilines is 1. The number of halogens is 2. The molecule has 2 amide bonds. The molecule has 2 aliphatic carbocycles. The van der Waals surface area contributed by atoms with E-state index in [2.05, 4.69) is 4.98 Å². The lowest BCUT2D eigenvalue weighted by atomic mass is 9.68. The second kappa shape index (κ2) is 7.29. The van der Waals surface area contributed by atoms with E-state index < -0.39 is 5.82 Å². The molecule has 5 nitrogen and oxygen atoms in total. The number of carbonyl (C=O) groups excluding carboxylic acids is 2. The summed E-state index contributed by atoms with van der Waals surface area (Å²) in [5.41, 5.74) is 1.51. The lowest BCUT2D eigenvalue weighted by Crippen LogP contribution is -2.42. The topological polar surface area (TPSA) is 70.2 Å². The van der Waals surface area contributed by atoms with Crippen molar-refractivity contribution in [3.63, 3.8) is 0 Å². The molecule has 0 spiro atoms. The number of aromatic nitrogens is 1. The molecule has 1 aromatic heterocycles. The predicted octanol–water partition coefficient (Wildman–Crippen LogP) is 4.91. The van der Waals surface area contributed by atoms with Crippen molar-refractivity contribution in [1.82, 2.24) is 4.98 Å². The summed E-state index contributed by atoms with van der Waals surface area (Å²) in [4.78, 5) is 44.6. The predicted molar refractivity (Wildman–Crippen MR) is 129 cm³/mol. The van der Waals surface area contributed by atoms with Gasteiger partial charge in [-0.3, -0.25) is 19.3 Å². The van der Waals surface area contributed by atoms with Gasteiger partial charge in [0.15, 0.2) is 0 Å². The van der Waals surface area contributed by atoms with E-state index in [1.807, 2.05) is 24.3 Å². The lowest BCUT2D eigenvalue weighted by Gasteiger charge is -2.43. The molecule has 7 rings (SSSR count). The smallest absolute Gasteiger partial charge is 0.305 e. The molecule has 3 heterocycles. The van der Waals surface area contributed by atoms with Crippen LogP contribution in [0.2, 0.25) is 5.02 Å². The summed E-state index contributed by atoms with van der Waals surface area (Å²) in [6.07, 6.45) is 0.829. The summed E-state index contributed by atoms with van der Waals surface area (Å²) < 4.78 is 13.5. The summed E-state index contributed by atoms with van der Waals surface area (Å²) in [5.74, 6) is -1.30. The van der Waals surface area contributed by atoms with E-state index in [0.29, 0.717) is 10.7 Å². The third kappa shape index (κ3) is 2.76. The van der Waals surface area contributed by atoms with E-state index in [4.69, 9.17) is 11.6 Å². The highest BCUT2D eigenvalue weighted by atomic mass is 35.5.